The van der Waals surface area contributed by atoms with Crippen molar-refractivity contribution < 1.29 is 17.4 Å². The molecule has 0 radical (unpaired) electrons. The zero-order valence-corrected chi connectivity index (χ0v) is 19.9. The second kappa shape index (κ2) is 8.28. The average molecular weight is 490 g/mol. The lowest BCUT2D eigenvalue weighted by atomic mass is 10.2. The average Bonchev–Trinajstić information content (AvgIpc) is 2.83. The Labute approximate surface area is 200 Å². The first-order valence-electron chi connectivity index (χ1n) is 10.9. The summed E-state index contributed by atoms with van der Waals surface area (Å²) in [7, 11) is -4.06. The summed E-state index contributed by atoms with van der Waals surface area (Å²) in [6.07, 6.45) is 1.59. The van der Waals surface area contributed by atoms with E-state index in [-0.39, 0.29) is 33.2 Å². The Kier molecular flexibility index (Phi) is 5.36. The van der Waals surface area contributed by atoms with E-state index in [4.69, 9.17) is 10.7 Å². The van der Waals surface area contributed by atoms with Crippen LogP contribution in [0.4, 0.5) is 10.2 Å². The zero-order valence-electron chi connectivity index (χ0n) is 19.1. The monoisotopic (exact) mass is 489 g/mol. The normalized spacial score (nSPS) is 11.9. The van der Waals surface area contributed by atoms with Gasteiger partial charge in [-0.05, 0) is 55.8 Å². The Bertz CT molecular complexity index is 1780. The van der Waals surface area contributed by atoms with Gasteiger partial charge < -0.3 is 5.73 Å². The topological polar surface area (TPSA) is 98.4 Å². The molecule has 5 aromatic rings. The van der Waals surface area contributed by atoms with Crippen molar-refractivity contribution in [2.75, 3.05) is 5.73 Å². The Hall–Kier alpha value is -4.11. The molecule has 0 fully saturated rings. The van der Waals surface area contributed by atoms with Crippen molar-refractivity contribution in [1.29, 1.82) is 0 Å². The van der Waals surface area contributed by atoms with E-state index < -0.39 is 21.2 Å². The van der Waals surface area contributed by atoms with Crippen LogP contribution in [0.2, 0.25) is 0 Å². The molecule has 35 heavy (non-hydrogen) atoms. The first-order valence-corrected chi connectivity index (χ1v) is 12.4. The number of pyridine rings is 2. The maximum atomic E-state index is 13.6. The minimum Gasteiger partial charge on any atom is -0.317 e. The second-order valence-corrected chi connectivity index (χ2v) is 10.4. The third kappa shape index (κ3) is 3.83. The molecule has 0 unspecified atom stereocenters. The van der Waals surface area contributed by atoms with E-state index in [9.17, 15) is 17.6 Å². The summed E-state index contributed by atoms with van der Waals surface area (Å²) in [5.74, 6) is -0.461. The fourth-order valence-electron chi connectivity index (χ4n) is 4.08. The fourth-order valence-corrected chi connectivity index (χ4v) is 5.48. The highest BCUT2D eigenvalue weighted by Crippen LogP contribution is 2.27. The number of aromatic nitrogens is 3. The van der Waals surface area contributed by atoms with Crippen molar-refractivity contribution in [1.82, 2.24) is 9.38 Å². The Balaban J connectivity index is 1.87. The molecule has 9 heteroatoms. The molecule has 7 nitrogen and oxygen atoms in total. The molecule has 2 N–H and O–H groups in total. The van der Waals surface area contributed by atoms with Crippen molar-refractivity contribution in [2.45, 2.75) is 30.2 Å². The van der Waals surface area contributed by atoms with Crippen LogP contribution >= 0.6 is 0 Å². The smallest absolute Gasteiger partial charge is 0.278 e. The number of benzene rings is 2. The number of nitrogens with zero attached hydrogens (tertiary/aromatic N) is 3. The second-order valence-electron chi connectivity index (χ2n) is 8.46. The molecular formula is C26H22FN4O3S+. The summed E-state index contributed by atoms with van der Waals surface area (Å²) in [6.45, 7) is 3.78. The number of anilines is 1. The Morgan fingerprint density at radius 2 is 1.71 bits per heavy atom. The van der Waals surface area contributed by atoms with Gasteiger partial charge in [0.05, 0.1) is 11.4 Å². The van der Waals surface area contributed by atoms with Gasteiger partial charge in [0.15, 0.2) is 0 Å². The third-order valence-electron chi connectivity index (χ3n) is 6.01. The number of nitrogens with two attached hydrogens (primary N) is 1. The van der Waals surface area contributed by atoms with Crippen LogP contribution in [0.5, 0.6) is 0 Å². The van der Waals surface area contributed by atoms with Gasteiger partial charge in [0.2, 0.25) is 21.3 Å². The largest absolute Gasteiger partial charge is 0.317 e. The van der Waals surface area contributed by atoms with E-state index in [1.54, 1.807) is 36.5 Å². The summed E-state index contributed by atoms with van der Waals surface area (Å²) in [6, 6.07) is 17.0. The standard InChI is InChI=1S/C26H21FN4O3S/c1-16-5-11-20(12-6-16)35(33,34)22-14-21-25(29-24-17(2)4-3-13-30(24)26(21)32)31(23(22)28)15-18-7-9-19(27)10-8-18/h3-14,28H,15H2,1-2H3/p+1. The van der Waals surface area contributed by atoms with Crippen LogP contribution in [0.25, 0.3) is 16.7 Å². The molecule has 0 bridgehead atoms. The van der Waals surface area contributed by atoms with Crippen LogP contribution in [0.15, 0.2) is 87.5 Å². The highest BCUT2D eigenvalue weighted by molar-refractivity contribution is 7.91. The number of sulfone groups is 1. The molecular weight excluding hydrogens is 467 g/mol. The zero-order chi connectivity index (χ0) is 24.9. The number of halogens is 1. The first kappa shape index (κ1) is 22.7. The summed E-state index contributed by atoms with van der Waals surface area (Å²) < 4.78 is 43.6. The third-order valence-corrected chi connectivity index (χ3v) is 7.81. The highest BCUT2D eigenvalue weighted by Gasteiger charge is 2.29. The van der Waals surface area contributed by atoms with Gasteiger partial charge in [0, 0.05) is 11.8 Å². The van der Waals surface area contributed by atoms with Gasteiger partial charge in [0.25, 0.3) is 11.2 Å². The highest BCUT2D eigenvalue weighted by atomic mass is 32.2. The van der Waals surface area contributed by atoms with Crippen LogP contribution in [-0.4, -0.2) is 17.8 Å². The molecule has 0 amide bonds. The molecule has 0 aliphatic carbocycles. The molecule has 3 aromatic heterocycles. The molecule has 0 saturated heterocycles. The van der Waals surface area contributed by atoms with Gasteiger partial charge in [-0.2, -0.15) is 0 Å². The van der Waals surface area contributed by atoms with Crippen LogP contribution < -0.4 is 15.9 Å². The molecule has 2 aromatic carbocycles. The van der Waals surface area contributed by atoms with Crippen molar-refractivity contribution in [3.8, 4) is 0 Å². The minimum absolute atomic E-state index is 0.0622. The molecule has 176 valence electrons. The number of rotatable bonds is 4. The van der Waals surface area contributed by atoms with Crippen LogP contribution in [-0.2, 0) is 16.4 Å². The number of hydrogen-bond donors (Lipinski definition) is 1. The van der Waals surface area contributed by atoms with E-state index in [2.05, 4.69) is 0 Å². The lowest BCUT2D eigenvalue weighted by Crippen LogP contribution is -2.42. The van der Waals surface area contributed by atoms with E-state index in [1.807, 2.05) is 19.9 Å². The van der Waals surface area contributed by atoms with Gasteiger partial charge in [0.1, 0.15) is 16.1 Å². The Morgan fingerprint density at radius 3 is 2.40 bits per heavy atom. The predicted molar refractivity (Wildman–Crippen MR) is 130 cm³/mol. The van der Waals surface area contributed by atoms with E-state index in [0.29, 0.717) is 11.2 Å². The summed E-state index contributed by atoms with van der Waals surface area (Å²) in [4.78, 5) is 18.1. The summed E-state index contributed by atoms with van der Waals surface area (Å²) in [5.41, 5.74) is 9.09. The van der Waals surface area contributed by atoms with Gasteiger partial charge >= 0.3 is 0 Å². The van der Waals surface area contributed by atoms with Crippen LogP contribution in [0.3, 0.4) is 0 Å². The number of nitrogen functional groups attached to an aromatic ring is 1. The van der Waals surface area contributed by atoms with E-state index >= 15 is 0 Å². The molecule has 0 saturated carbocycles. The predicted octanol–water partition coefficient (Wildman–Crippen LogP) is 3.35. The quantitative estimate of drug-likeness (QED) is 0.308. The molecule has 0 aliphatic rings. The first-order chi connectivity index (χ1) is 16.7. The number of aryl methyl sites for hydroxylation is 2. The Morgan fingerprint density at radius 1 is 1.03 bits per heavy atom. The van der Waals surface area contributed by atoms with Gasteiger partial charge in [-0.1, -0.05) is 40.9 Å². The minimum atomic E-state index is -4.06. The van der Waals surface area contributed by atoms with Crippen molar-refractivity contribution >= 4 is 32.3 Å². The fraction of sp³-hybridized carbons (Fsp3) is 0.115. The van der Waals surface area contributed by atoms with E-state index in [0.717, 1.165) is 11.1 Å². The maximum absolute atomic E-state index is 13.6. The van der Waals surface area contributed by atoms with Crippen molar-refractivity contribution in [3.05, 3.63) is 106 Å². The van der Waals surface area contributed by atoms with Crippen LogP contribution in [0.1, 0.15) is 16.7 Å². The number of hydrogen-bond acceptors (Lipinski definition) is 5. The lowest BCUT2D eigenvalue weighted by molar-refractivity contribution is -0.651. The van der Waals surface area contributed by atoms with Crippen molar-refractivity contribution in [3.63, 3.8) is 0 Å². The van der Waals surface area contributed by atoms with E-state index in [1.165, 1.54) is 39.3 Å². The van der Waals surface area contributed by atoms with Gasteiger partial charge in [-0.3, -0.25) is 9.20 Å². The van der Waals surface area contributed by atoms with Crippen molar-refractivity contribution in [2.24, 2.45) is 0 Å². The molecule has 0 atom stereocenters. The summed E-state index contributed by atoms with van der Waals surface area (Å²) in [5, 5.41) is 0.107. The van der Waals surface area contributed by atoms with Gasteiger partial charge in [-0.25, -0.2) is 17.4 Å². The summed E-state index contributed by atoms with van der Waals surface area (Å²) >= 11 is 0. The molecule has 5 rings (SSSR count). The molecule has 0 spiro atoms. The van der Waals surface area contributed by atoms with Gasteiger partial charge in [-0.15, -0.1) is 0 Å². The molecule has 0 aliphatic heterocycles. The number of fused-ring (bicyclic) bond motifs is 2. The molecule has 3 heterocycles. The lowest BCUT2D eigenvalue weighted by Gasteiger charge is -2.13. The van der Waals surface area contributed by atoms with Crippen LogP contribution in [0, 0.1) is 19.7 Å². The maximum Gasteiger partial charge on any atom is 0.278 e. The SMILES string of the molecule is Cc1ccc(S(=O)(=O)c2cc3c(=O)n4cccc(C)c4nc3[n+](Cc3ccc(F)cc3)c2N)cc1.